The first-order valence-electron chi connectivity index (χ1n) is 5.18. The van der Waals surface area contributed by atoms with Crippen LogP contribution < -0.4 is 10.5 Å². The van der Waals surface area contributed by atoms with Crippen molar-refractivity contribution in [3.05, 3.63) is 57.8 Å². The highest BCUT2D eigenvalue weighted by molar-refractivity contribution is 6.32. The van der Waals surface area contributed by atoms with Gasteiger partial charge in [0.25, 0.3) is 0 Å². The maximum absolute atomic E-state index is 13.5. The molecule has 0 unspecified atom stereocenters. The quantitative estimate of drug-likeness (QED) is 0.854. The average Bonchev–Trinajstić information content (AvgIpc) is 2.33. The molecule has 0 spiro atoms. The highest BCUT2D eigenvalue weighted by Gasteiger charge is 2.09. The Labute approximate surface area is 114 Å². The standard InChI is InChI=1S/C13H10Cl2FNO/c14-9-4-5-12(17)8(6-9)7-18-13-10(15)2-1-3-11(13)16/h1-6H,7,17H2. The number of rotatable bonds is 3. The first kappa shape index (κ1) is 13.0. The second-order valence-corrected chi connectivity index (χ2v) is 4.53. The fourth-order valence-electron chi connectivity index (χ4n) is 1.47. The largest absolute Gasteiger partial charge is 0.484 e. The highest BCUT2D eigenvalue weighted by Crippen LogP contribution is 2.29. The second kappa shape index (κ2) is 5.46. The van der Waals surface area contributed by atoms with Gasteiger partial charge in [-0.3, -0.25) is 0 Å². The monoisotopic (exact) mass is 285 g/mol. The molecule has 5 heteroatoms. The molecule has 0 saturated carbocycles. The molecular weight excluding hydrogens is 276 g/mol. The van der Waals surface area contributed by atoms with Gasteiger partial charge in [0, 0.05) is 16.3 Å². The van der Waals surface area contributed by atoms with Gasteiger partial charge in [-0.05, 0) is 30.3 Å². The van der Waals surface area contributed by atoms with E-state index in [1.165, 1.54) is 12.1 Å². The van der Waals surface area contributed by atoms with Crippen molar-refractivity contribution in [2.45, 2.75) is 6.61 Å². The molecule has 0 heterocycles. The van der Waals surface area contributed by atoms with E-state index in [1.807, 2.05) is 0 Å². The first-order chi connectivity index (χ1) is 8.58. The minimum Gasteiger partial charge on any atom is -0.484 e. The minimum absolute atomic E-state index is 0.0125. The molecule has 2 aromatic carbocycles. The van der Waals surface area contributed by atoms with Gasteiger partial charge in [-0.2, -0.15) is 0 Å². The SMILES string of the molecule is Nc1ccc(Cl)cc1COc1c(F)cccc1Cl. The lowest BCUT2D eigenvalue weighted by Gasteiger charge is -2.10. The maximum Gasteiger partial charge on any atom is 0.174 e. The zero-order chi connectivity index (χ0) is 13.1. The van der Waals surface area contributed by atoms with Crippen molar-refractivity contribution in [1.82, 2.24) is 0 Å². The summed E-state index contributed by atoms with van der Waals surface area (Å²) in [6.07, 6.45) is 0. The molecule has 18 heavy (non-hydrogen) atoms. The van der Waals surface area contributed by atoms with Crippen LogP contribution >= 0.6 is 23.2 Å². The van der Waals surface area contributed by atoms with E-state index in [1.54, 1.807) is 24.3 Å². The summed E-state index contributed by atoms with van der Waals surface area (Å²) in [6.45, 7) is 0.104. The van der Waals surface area contributed by atoms with Crippen molar-refractivity contribution in [2.24, 2.45) is 0 Å². The van der Waals surface area contributed by atoms with E-state index < -0.39 is 5.82 Å². The number of anilines is 1. The summed E-state index contributed by atoms with van der Waals surface area (Å²) in [7, 11) is 0. The molecule has 2 rings (SSSR count). The predicted molar refractivity (Wildman–Crippen MR) is 71.6 cm³/mol. The average molecular weight is 286 g/mol. The van der Waals surface area contributed by atoms with Crippen LogP contribution in [0.25, 0.3) is 0 Å². The number of nitrogens with two attached hydrogens (primary N) is 1. The lowest BCUT2D eigenvalue weighted by molar-refractivity contribution is 0.291. The van der Waals surface area contributed by atoms with E-state index in [-0.39, 0.29) is 17.4 Å². The zero-order valence-electron chi connectivity index (χ0n) is 9.29. The van der Waals surface area contributed by atoms with Gasteiger partial charge >= 0.3 is 0 Å². The van der Waals surface area contributed by atoms with Crippen LogP contribution in [0, 0.1) is 5.82 Å². The molecule has 0 saturated heterocycles. The molecule has 0 aliphatic rings. The lowest BCUT2D eigenvalue weighted by atomic mass is 10.2. The van der Waals surface area contributed by atoms with Crippen LogP contribution in [0.15, 0.2) is 36.4 Å². The van der Waals surface area contributed by atoms with Crippen LogP contribution in [-0.2, 0) is 6.61 Å². The molecule has 2 aromatic rings. The minimum atomic E-state index is -0.511. The number of hydrogen-bond acceptors (Lipinski definition) is 2. The lowest BCUT2D eigenvalue weighted by Crippen LogP contribution is -2.01. The number of ether oxygens (including phenoxy) is 1. The summed E-state index contributed by atoms with van der Waals surface area (Å²) < 4.78 is 18.8. The van der Waals surface area contributed by atoms with Crippen LogP contribution in [-0.4, -0.2) is 0 Å². The topological polar surface area (TPSA) is 35.2 Å². The van der Waals surface area contributed by atoms with Crippen LogP contribution in [0.4, 0.5) is 10.1 Å². The molecular formula is C13H10Cl2FNO. The number of benzene rings is 2. The molecule has 0 fully saturated rings. The molecule has 94 valence electrons. The Morgan fingerprint density at radius 3 is 2.67 bits per heavy atom. The van der Waals surface area contributed by atoms with Crippen molar-refractivity contribution >= 4 is 28.9 Å². The Hall–Kier alpha value is -1.45. The van der Waals surface area contributed by atoms with E-state index in [2.05, 4.69) is 0 Å². The van der Waals surface area contributed by atoms with Gasteiger partial charge in [0.1, 0.15) is 6.61 Å². The van der Waals surface area contributed by atoms with Crippen molar-refractivity contribution in [3.8, 4) is 5.75 Å². The summed E-state index contributed by atoms with van der Waals surface area (Å²) in [5.74, 6) is -0.498. The molecule has 0 bridgehead atoms. The Morgan fingerprint density at radius 2 is 1.94 bits per heavy atom. The smallest absolute Gasteiger partial charge is 0.174 e. The predicted octanol–water partition coefficient (Wildman–Crippen LogP) is 4.29. The number of halogens is 3. The number of para-hydroxylation sites is 1. The maximum atomic E-state index is 13.5. The molecule has 0 radical (unpaired) electrons. The van der Waals surface area contributed by atoms with Gasteiger partial charge in [0.15, 0.2) is 11.6 Å². The summed E-state index contributed by atoms with van der Waals surface area (Å²) in [5.41, 5.74) is 6.98. The second-order valence-electron chi connectivity index (χ2n) is 3.68. The van der Waals surface area contributed by atoms with Crippen LogP contribution in [0.5, 0.6) is 5.75 Å². The van der Waals surface area contributed by atoms with E-state index in [4.69, 9.17) is 33.7 Å². The Balaban J connectivity index is 2.19. The number of nitrogen functional groups attached to an aromatic ring is 1. The van der Waals surface area contributed by atoms with Gasteiger partial charge in [-0.25, -0.2) is 4.39 Å². The fourth-order valence-corrected chi connectivity index (χ4v) is 1.88. The zero-order valence-corrected chi connectivity index (χ0v) is 10.8. The third kappa shape index (κ3) is 2.86. The van der Waals surface area contributed by atoms with E-state index in [0.717, 1.165) is 0 Å². The van der Waals surface area contributed by atoms with Gasteiger partial charge < -0.3 is 10.5 Å². The summed E-state index contributed by atoms with van der Waals surface area (Å²) in [6, 6.07) is 9.37. The molecule has 0 aliphatic carbocycles. The van der Waals surface area contributed by atoms with Gasteiger partial charge in [-0.1, -0.05) is 29.3 Å². The van der Waals surface area contributed by atoms with Gasteiger partial charge in [-0.15, -0.1) is 0 Å². The Kier molecular flexibility index (Phi) is 3.94. The van der Waals surface area contributed by atoms with E-state index in [0.29, 0.717) is 16.3 Å². The third-order valence-electron chi connectivity index (χ3n) is 2.40. The van der Waals surface area contributed by atoms with Crippen LogP contribution in [0.2, 0.25) is 10.0 Å². The first-order valence-corrected chi connectivity index (χ1v) is 5.94. The van der Waals surface area contributed by atoms with Crippen molar-refractivity contribution in [1.29, 1.82) is 0 Å². The Morgan fingerprint density at radius 1 is 1.17 bits per heavy atom. The van der Waals surface area contributed by atoms with Crippen molar-refractivity contribution in [2.75, 3.05) is 5.73 Å². The molecule has 0 aliphatic heterocycles. The highest BCUT2D eigenvalue weighted by atomic mass is 35.5. The summed E-state index contributed by atoms with van der Waals surface area (Å²) in [4.78, 5) is 0. The molecule has 0 atom stereocenters. The molecule has 0 amide bonds. The molecule has 0 aromatic heterocycles. The van der Waals surface area contributed by atoms with Gasteiger partial charge in [0.2, 0.25) is 0 Å². The molecule has 2 nitrogen and oxygen atoms in total. The van der Waals surface area contributed by atoms with Crippen molar-refractivity contribution in [3.63, 3.8) is 0 Å². The van der Waals surface area contributed by atoms with Crippen molar-refractivity contribution < 1.29 is 9.13 Å². The van der Waals surface area contributed by atoms with E-state index >= 15 is 0 Å². The molecule has 2 N–H and O–H groups in total. The van der Waals surface area contributed by atoms with Gasteiger partial charge in [0.05, 0.1) is 5.02 Å². The summed E-state index contributed by atoms with van der Waals surface area (Å²) in [5, 5.41) is 0.762. The summed E-state index contributed by atoms with van der Waals surface area (Å²) >= 11 is 11.7. The normalized spacial score (nSPS) is 10.4. The van der Waals surface area contributed by atoms with Crippen LogP contribution in [0.3, 0.4) is 0 Å². The van der Waals surface area contributed by atoms with E-state index in [9.17, 15) is 4.39 Å². The fraction of sp³-hybridized carbons (Fsp3) is 0.0769. The number of hydrogen-bond donors (Lipinski definition) is 1. The van der Waals surface area contributed by atoms with Crippen LogP contribution in [0.1, 0.15) is 5.56 Å². The third-order valence-corrected chi connectivity index (χ3v) is 2.93. The Bertz CT molecular complexity index is 555.